The normalized spacial score (nSPS) is 15.9. The van der Waals surface area contributed by atoms with Crippen molar-refractivity contribution in [3.8, 4) is 0 Å². The first-order valence-electron chi connectivity index (χ1n) is 9.24. The van der Waals surface area contributed by atoms with E-state index in [-0.39, 0.29) is 11.1 Å². The van der Waals surface area contributed by atoms with E-state index >= 15 is 0 Å². The van der Waals surface area contributed by atoms with Gasteiger partial charge in [0.05, 0.1) is 0 Å². The number of carboxylic acids is 1. The van der Waals surface area contributed by atoms with Crippen LogP contribution in [0, 0.1) is 12.8 Å². The van der Waals surface area contributed by atoms with Gasteiger partial charge in [0.1, 0.15) is 5.56 Å². The van der Waals surface area contributed by atoms with Crippen LogP contribution < -0.4 is 5.56 Å². The third kappa shape index (κ3) is 4.41. The predicted octanol–water partition coefficient (Wildman–Crippen LogP) is 2.81. The summed E-state index contributed by atoms with van der Waals surface area (Å²) in [5.41, 5.74) is 1.40. The van der Waals surface area contributed by atoms with Crippen LogP contribution in [0.3, 0.4) is 0 Å². The summed E-state index contributed by atoms with van der Waals surface area (Å²) in [6, 6.07) is 12.2. The Morgan fingerprint density at radius 2 is 1.85 bits per heavy atom. The molecular formula is C21H26N2O3. The maximum atomic E-state index is 12.4. The predicted molar refractivity (Wildman–Crippen MR) is 102 cm³/mol. The monoisotopic (exact) mass is 354 g/mol. The Morgan fingerprint density at radius 1 is 1.15 bits per heavy atom. The van der Waals surface area contributed by atoms with Gasteiger partial charge in [0.25, 0.3) is 5.56 Å². The number of carboxylic acid groups (broad SMARTS) is 1. The van der Waals surface area contributed by atoms with E-state index in [9.17, 15) is 14.7 Å². The van der Waals surface area contributed by atoms with Gasteiger partial charge in [0.15, 0.2) is 0 Å². The first-order valence-corrected chi connectivity index (χ1v) is 9.24. The molecule has 1 N–H and O–H groups in total. The number of piperidine rings is 1. The fourth-order valence-corrected chi connectivity index (χ4v) is 3.67. The highest BCUT2D eigenvalue weighted by Crippen LogP contribution is 2.19. The Labute approximate surface area is 153 Å². The summed E-state index contributed by atoms with van der Waals surface area (Å²) in [5.74, 6) is -0.720. The molecule has 2 heterocycles. The molecule has 138 valence electrons. The topological polar surface area (TPSA) is 62.5 Å². The molecule has 2 aromatic rings. The fourth-order valence-electron chi connectivity index (χ4n) is 3.67. The Kier molecular flexibility index (Phi) is 5.89. The molecule has 0 unspecified atom stereocenters. The van der Waals surface area contributed by atoms with Crippen molar-refractivity contribution in [3.63, 3.8) is 0 Å². The molecule has 0 amide bonds. The molecule has 0 bridgehead atoms. The standard InChI is InChI=1S/C21H26N2O3/c1-16-7-14-23(20(24)19(16)21(25)26)15-18-9-12-22(13-10-18)11-8-17-5-3-2-4-6-17/h2-7,14,18H,8-13,15H2,1H3,(H,25,26). The largest absolute Gasteiger partial charge is 0.477 e. The van der Waals surface area contributed by atoms with E-state index < -0.39 is 5.97 Å². The molecule has 0 atom stereocenters. The molecule has 26 heavy (non-hydrogen) atoms. The van der Waals surface area contributed by atoms with Crippen molar-refractivity contribution in [1.82, 2.24) is 9.47 Å². The smallest absolute Gasteiger partial charge is 0.341 e. The van der Waals surface area contributed by atoms with E-state index in [0.717, 1.165) is 38.9 Å². The molecule has 5 heteroatoms. The van der Waals surface area contributed by atoms with Crippen molar-refractivity contribution in [2.75, 3.05) is 19.6 Å². The average Bonchev–Trinajstić information content (AvgIpc) is 2.64. The van der Waals surface area contributed by atoms with Gasteiger partial charge < -0.3 is 14.6 Å². The second kappa shape index (κ2) is 8.32. The molecule has 5 nitrogen and oxygen atoms in total. The lowest BCUT2D eigenvalue weighted by Gasteiger charge is -2.32. The van der Waals surface area contributed by atoms with Gasteiger partial charge in [0, 0.05) is 19.3 Å². The van der Waals surface area contributed by atoms with E-state index in [2.05, 4.69) is 29.2 Å². The average molecular weight is 354 g/mol. The molecule has 1 aromatic heterocycles. The van der Waals surface area contributed by atoms with Crippen LogP contribution in [0.25, 0.3) is 0 Å². The molecule has 1 aromatic carbocycles. The van der Waals surface area contributed by atoms with Gasteiger partial charge >= 0.3 is 5.97 Å². The van der Waals surface area contributed by atoms with Crippen LogP contribution in [0.15, 0.2) is 47.4 Å². The van der Waals surface area contributed by atoms with Crippen molar-refractivity contribution in [1.29, 1.82) is 0 Å². The van der Waals surface area contributed by atoms with Gasteiger partial charge in [-0.2, -0.15) is 0 Å². The van der Waals surface area contributed by atoms with Gasteiger partial charge in [0.2, 0.25) is 0 Å². The number of rotatable bonds is 6. The summed E-state index contributed by atoms with van der Waals surface area (Å²) in [6.45, 7) is 5.39. The van der Waals surface area contributed by atoms with E-state index in [1.54, 1.807) is 23.8 Å². The van der Waals surface area contributed by atoms with Crippen LogP contribution >= 0.6 is 0 Å². The lowest BCUT2D eigenvalue weighted by molar-refractivity contribution is 0.0693. The lowest BCUT2D eigenvalue weighted by atomic mass is 9.96. The summed E-state index contributed by atoms with van der Waals surface area (Å²) >= 11 is 0. The molecule has 0 spiro atoms. The van der Waals surface area contributed by atoms with Crippen LogP contribution in [-0.2, 0) is 13.0 Å². The molecular weight excluding hydrogens is 328 g/mol. The van der Waals surface area contributed by atoms with Gasteiger partial charge in [-0.25, -0.2) is 4.79 Å². The number of benzene rings is 1. The van der Waals surface area contributed by atoms with Gasteiger partial charge in [-0.1, -0.05) is 30.3 Å². The molecule has 1 aliphatic rings. The van der Waals surface area contributed by atoms with Gasteiger partial charge in [-0.05, 0) is 62.4 Å². The molecule has 1 saturated heterocycles. The number of nitrogens with zero attached hydrogens (tertiary/aromatic N) is 2. The zero-order valence-electron chi connectivity index (χ0n) is 15.2. The summed E-state index contributed by atoms with van der Waals surface area (Å²) in [6.07, 6.45) is 4.87. The minimum Gasteiger partial charge on any atom is -0.477 e. The number of carbonyl (C=O) groups is 1. The van der Waals surface area contributed by atoms with Crippen molar-refractivity contribution in [2.45, 2.75) is 32.7 Å². The fraction of sp³-hybridized carbons (Fsp3) is 0.429. The zero-order valence-corrected chi connectivity index (χ0v) is 15.2. The summed E-state index contributed by atoms with van der Waals surface area (Å²) in [4.78, 5) is 26.2. The number of hydrogen-bond donors (Lipinski definition) is 1. The Morgan fingerprint density at radius 3 is 2.50 bits per heavy atom. The minimum absolute atomic E-state index is 0.104. The van der Waals surface area contributed by atoms with E-state index in [1.807, 2.05) is 6.07 Å². The minimum atomic E-state index is -1.14. The zero-order chi connectivity index (χ0) is 18.5. The molecule has 0 saturated carbocycles. The van der Waals surface area contributed by atoms with Crippen molar-refractivity contribution in [2.24, 2.45) is 5.92 Å². The second-order valence-corrected chi connectivity index (χ2v) is 7.16. The molecule has 0 radical (unpaired) electrons. The second-order valence-electron chi connectivity index (χ2n) is 7.16. The summed E-state index contributed by atoms with van der Waals surface area (Å²) in [5, 5.41) is 9.24. The quantitative estimate of drug-likeness (QED) is 0.866. The number of aryl methyl sites for hydroxylation is 1. The van der Waals surface area contributed by atoms with Crippen molar-refractivity contribution >= 4 is 5.97 Å². The third-order valence-electron chi connectivity index (χ3n) is 5.31. The summed E-state index contributed by atoms with van der Waals surface area (Å²) < 4.78 is 1.57. The molecule has 1 aliphatic heterocycles. The molecule has 1 fully saturated rings. The van der Waals surface area contributed by atoms with Gasteiger partial charge in [-0.3, -0.25) is 4.79 Å². The highest BCUT2D eigenvalue weighted by Gasteiger charge is 2.21. The maximum Gasteiger partial charge on any atom is 0.341 e. The van der Waals surface area contributed by atoms with Crippen molar-refractivity contribution in [3.05, 3.63) is 69.6 Å². The van der Waals surface area contributed by atoms with Crippen LogP contribution in [0.4, 0.5) is 0 Å². The molecule has 0 aliphatic carbocycles. The third-order valence-corrected chi connectivity index (χ3v) is 5.31. The molecule has 3 rings (SSSR count). The number of aromatic nitrogens is 1. The Bertz CT molecular complexity index is 806. The number of hydrogen-bond acceptors (Lipinski definition) is 3. The first-order chi connectivity index (χ1) is 12.5. The lowest BCUT2D eigenvalue weighted by Crippen LogP contribution is -2.38. The number of likely N-dealkylation sites (tertiary alicyclic amines) is 1. The van der Waals surface area contributed by atoms with E-state index in [0.29, 0.717) is 18.0 Å². The van der Waals surface area contributed by atoms with Crippen molar-refractivity contribution < 1.29 is 9.90 Å². The van der Waals surface area contributed by atoms with E-state index in [4.69, 9.17) is 0 Å². The highest BCUT2D eigenvalue weighted by atomic mass is 16.4. The number of aromatic carboxylic acids is 1. The highest BCUT2D eigenvalue weighted by molar-refractivity contribution is 5.88. The Balaban J connectivity index is 1.54. The summed E-state index contributed by atoms with van der Waals surface area (Å²) in [7, 11) is 0. The SMILES string of the molecule is Cc1ccn(CC2CCN(CCc3ccccc3)CC2)c(=O)c1C(=O)O. The number of pyridine rings is 1. The van der Waals surface area contributed by atoms with Crippen LogP contribution in [0.1, 0.15) is 34.3 Å². The first kappa shape index (κ1) is 18.4. The Hall–Kier alpha value is -2.40. The maximum absolute atomic E-state index is 12.4. The van der Waals surface area contributed by atoms with Crippen LogP contribution in [-0.4, -0.2) is 40.2 Å². The van der Waals surface area contributed by atoms with E-state index in [1.165, 1.54) is 5.56 Å². The van der Waals surface area contributed by atoms with Crippen LogP contribution in [0.2, 0.25) is 0 Å². The van der Waals surface area contributed by atoms with Crippen LogP contribution in [0.5, 0.6) is 0 Å². The van der Waals surface area contributed by atoms with Gasteiger partial charge in [-0.15, -0.1) is 0 Å².